The molecule has 1 aromatic rings. The van der Waals surface area contributed by atoms with E-state index in [1.165, 1.54) is 24.9 Å². The van der Waals surface area contributed by atoms with Gasteiger partial charge in [0.2, 0.25) is 0 Å². The molecule has 0 spiro atoms. The van der Waals surface area contributed by atoms with Gasteiger partial charge in [-0.3, -0.25) is 0 Å². The van der Waals surface area contributed by atoms with Crippen molar-refractivity contribution in [3.8, 4) is 0 Å². The van der Waals surface area contributed by atoms with Crippen molar-refractivity contribution in [3.05, 3.63) is 24.3 Å². The fourth-order valence-electron chi connectivity index (χ4n) is 3.51. The smallest absolute Gasteiger partial charge is 0.319 e. The highest BCUT2D eigenvalue weighted by atomic mass is 16.5. The van der Waals surface area contributed by atoms with Crippen molar-refractivity contribution < 1.29 is 9.53 Å². The van der Waals surface area contributed by atoms with E-state index in [2.05, 4.69) is 27.7 Å². The van der Waals surface area contributed by atoms with E-state index >= 15 is 0 Å². The molecule has 5 heteroatoms. The molecule has 126 valence electrons. The molecule has 2 amide bonds. The predicted molar refractivity (Wildman–Crippen MR) is 93.1 cm³/mol. The second-order valence-electron chi connectivity index (χ2n) is 6.57. The average molecular weight is 317 g/mol. The van der Waals surface area contributed by atoms with E-state index in [9.17, 15) is 4.79 Å². The Bertz CT molecular complexity index is 512. The zero-order valence-electron chi connectivity index (χ0n) is 13.9. The third kappa shape index (κ3) is 4.38. The van der Waals surface area contributed by atoms with Crippen molar-refractivity contribution in [1.82, 2.24) is 5.32 Å². The van der Waals surface area contributed by atoms with Crippen LogP contribution in [0.1, 0.15) is 38.5 Å². The largest absolute Gasteiger partial charge is 0.380 e. The molecule has 1 aliphatic carbocycles. The van der Waals surface area contributed by atoms with E-state index < -0.39 is 0 Å². The van der Waals surface area contributed by atoms with Crippen LogP contribution in [0.2, 0.25) is 0 Å². The number of rotatable bonds is 4. The summed E-state index contributed by atoms with van der Waals surface area (Å²) < 4.78 is 5.40. The Balaban J connectivity index is 1.50. The molecule has 1 heterocycles. The molecular weight excluding hydrogens is 290 g/mol. The van der Waals surface area contributed by atoms with Gasteiger partial charge in [0, 0.05) is 37.6 Å². The fraction of sp³-hybridized carbons (Fsp3) is 0.611. The standard InChI is InChI=1S/C18H27N3O2/c1-23-17-11-12-21(13-17)16-9-7-15(8-10-16)20-18(22)19-14-5-3-2-4-6-14/h7-10,14,17H,2-6,11-13H2,1H3,(H2,19,20,22)/t17-/m1/s1. The van der Waals surface area contributed by atoms with Crippen LogP contribution in [0.25, 0.3) is 0 Å². The second-order valence-corrected chi connectivity index (χ2v) is 6.57. The minimum Gasteiger partial charge on any atom is -0.380 e. The first kappa shape index (κ1) is 16.1. The normalized spacial score (nSPS) is 22.1. The number of nitrogens with one attached hydrogen (secondary N) is 2. The molecule has 0 unspecified atom stereocenters. The van der Waals surface area contributed by atoms with Gasteiger partial charge in [-0.15, -0.1) is 0 Å². The summed E-state index contributed by atoms with van der Waals surface area (Å²) in [5.41, 5.74) is 2.02. The van der Waals surface area contributed by atoms with E-state index in [4.69, 9.17) is 4.74 Å². The lowest BCUT2D eigenvalue weighted by molar-refractivity contribution is 0.121. The Morgan fingerprint density at radius 1 is 1.13 bits per heavy atom. The molecule has 3 rings (SSSR count). The van der Waals surface area contributed by atoms with E-state index in [0.717, 1.165) is 38.0 Å². The van der Waals surface area contributed by atoms with Crippen molar-refractivity contribution in [2.45, 2.75) is 50.7 Å². The minimum atomic E-state index is -0.0923. The quantitative estimate of drug-likeness (QED) is 0.895. The third-order valence-corrected chi connectivity index (χ3v) is 4.91. The monoisotopic (exact) mass is 317 g/mol. The SMILES string of the molecule is CO[C@@H]1CCN(c2ccc(NC(=O)NC3CCCCC3)cc2)C1. The van der Waals surface area contributed by atoms with E-state index in [1.807, 2.05) is 12.1 Å². The summed E-state index contributed by atoms with van der Waals surface area (Å²) in [6, 6.07) is 8.30. The van der Waals surface area contributed by atoms with Gasteiger partial charge < -0.3 is 20.3 Å². The molecule has 1 saturated carbocycles. The van der Waals surface area contributed by atoms with Crippen molar-refractivity contribution in [2.75, 3.05) is 30.4 Å². The number of hydrogen-bond donors (Lipinski definition) is 2. The molecule has 2 fully saturated rings. The third-order valence-electron chi connectivity index (χ3n) is 4.91. The molecule has 23 heavy (non-hydrogen) atoms. The van der Waals surface area contributed by atoms with Gasteiger partial charge in [0.15, 0.2) is 0 Å². The number of ether oxygens (including phenoxy) is 1. The second kappa shape index (κ2) is 7.68. The van der Waals surface area contributed by atoms with Gasteiger partial charge in [-0.05, 0) is 43.5 Å². The number of anilines is 2. The van der Waals surface area contributed by atoms with Crippen LogP contribution in [0, 0.1) is 0 Å². The van der Waals surface area contributed by atoms with Gasteiger partial charge in [-0.1, -0.05) is 19.3 Å². The van der Waals surface area contributed by atoms with Crippen LogP contribution >= 0.6 is 0 Å². The van der Waals surface area contributed by atoms with Crippen molar-refractivity contribution in [1.29, 1.82) is 0 Å². The molecule has 2 aliphatic rings. The van der Waals surface area contributed by atoms with Crippen LogP contribution < -0.4 is 15.5 Å². The summed E-state index contributed by atoms with van der Waals surface area (Å²) in [4.78, 5) is 14.4. The number of carbonyl (C=O) groups is 1. The summed E-state index contributed by atoms with van der Waals surface area (Å²) in [5.74, 6) is 0. The van der Waals surface area contributed by atoms with Crippen molar-refractivity contribution in [3.63, 3.8) is 0 Å². The summed E-state index contributed by atoms with van der Waals surface area (Å²) in [5, 5.41) is 6.01. The van der Waals surface area contributed by atoms with Crippen LogP contribution in [0.4, 0.5) is 16.2 Å². The van der Waals surface area contributed by atoms with Crippen LogP contribution in [0.5, 0.6) is 0 Å². The van der Waals surface area contributed by atoms with Gasteiger partial charge >= 0.3 is 6.03 Å². The summed E-state index contributed by atoms with van der Waals surface area (Å²) in [6.45, 7) is 1.96. The van der Waals surface area contributed by atoms with Gasteiger partial charge in [-0.25, -0.2) is 4.79 Å². The Morgan fingerprint density at radius 3 is 2.52 bits per heavy atom. The minimum absolute atomic E-state index is 0.0923. The highest BCUT2D eigenvalue weighted by Gasteiger charge is 2.22. The van der Waals surface area contributed by atoms with Gasteiger partial charge in [0.25, 0.3) is 0 Å². The average Bonchev–Trinajstić information content (AvgIpc) is 3.05. The van der Waals surface area contributed by atoms with Crippen LogP contribution in [0.3, 0.4) is 0 Å². The van der Waals surface area contributed by atoms with Crippen LogP contribution in [-0.2, 0) is 4.74 Å². The van der Waals surface area contributed by atoms with Crippen molar-refractivity contribution in [2.24, 2.45) is 0 Å². The van der Waals surface area contributed by atoms with E-state index in [1.54, 1.807) is 7.11 Å². The lowest BCUT2D eigenvalue weighted by Crippen LogP contribution is -2.39. The first-order chi connectivity index (χ1) is 11.2. The fourth-order valence-corrected chi connectivity index (χ4v) is 3.51. The number of urea groups is 1. The molecule has 1 atom stereocenters. The van der Waals surface area contributed by atoms with E-state index in [-0.39, 0.29) is 6.03 Å². The lowest BCUT2D eigenvalue weighted by atomic mass is 9.96. The van der Waals surface area contributed by atoms with Crippen LogP contribution in [-0.4, -0.2) is 38.4 Å². The maximum atomic E-state index is 12.1. The van der Waals surface area contributed by atoms with E-state index in [0.29, 0.717) is 12.1 Å². The molecule has 1 aliphatic heterocycles. The van der Waals surface area contributed by atoms with Gasteiger partial charge in [-0.2, -0.15) is 0 Å². The lowest BCUT2D eigenvalue weighted by Gasteiger charge is -2.23. The highest BCUT2D eigenvalue weighted by Crippen LogP contribution is 2.23. The Kier molecular flexibility index (Phi) is 5.39. The summed E-state index contributed by atoms with van der Waals surface area (Å²) in [7, 11) is 1.77. The molecule has 0 bridgehead atoms. The first-order valence-corrected chi connectivity index (χ1v) is 8.70. The van der Waals surface area contributed by atoms with Crippen LogP contribution in [0.15, 0.2) is 24.3 Å². The summed E-state index contributed by atoms with van der Waals surface area (Å²) >= 11 is 0. The maximum absolute atomic E-state index is 12.1. The molecule has 1 aromatic carbocycles. The first-order valence-electron chi connectivity index (χ1n) is 8.70. The molecule has 0 aromatic heterocycles. The number of methoxy groups -OCH3 is 1. The highest BCUT2D eigenvalue weighted by molar-refractivity contribution is 5.89. The number of nitrogens with zero attached hydrogens (tertiary/aromatic N) is 1. The summed E-state index contributed by atoms with van der Waals surface area (Å²) in [6.07, 6.45) is 7.33. The molecule has 0 radical (unpaired) electrons. The van der Waals surface area contributed by atoms with Gasteiger partial charge in [0.1, 0.15) is 0 Å². The molecule has 1 saturated heterocycles. The maximum Gasteiger partial charge on any atom is 0.319 e. The Hall–Kier alpha value is -1.75. The Labute approximate surface area is 138 Å². The number of carbonyl (C=O) groups excluding carboxylic acids is 1. The topological polar surface area (TPSA) is 53.6 Å². The number of hydrogen-bond acceptors (Lipinski definition) is 3. The van der Waals surface area contributed by atoms with Crippen molar-refractivity contribution >= 4 is 17.4 Å². The number of amides is 2. The van der Waals surface area contributed by atoms with Gasteiger partial charge in [0.05, 0.1) is 6.10 Å². The zero-order chi connectivity index (χ0) is 16.1. The number of benzene rings is 1. The predicted octanol–water partition coefficient (Wildman–Crippen LogP) is 3.37. The zero-order valence-corrected chi connectivity index (χ0v) is 13.9. The Morgan fingerprint density at radius 2 is 1.87 bits per heavy atom. The molecule has 5 nitrogen and oxygen atoms in total. The molecule has 2 N–H and O–H groups in total. The molecular formula is C18H27N3O2.